The van der Waals surface area contributed by atoms with Gasteiger partial charge in [0.2, 0.25) is 0 Å². The number of carbonyl (C=O) groups excluding carboxylic acids is 1. The molecule has 136 valence electrons. The van der Waals surface area contributed by atoms with Gasteiger partial charge in [-0.25, -0.2) is 4.79 Å². The van der Waals surface area contributed by atoms with Crippen LogP contribution in [0.1, 0.15) is 20.7 Å². The van der Waals surface area contributed by atoms with Gasteiger partial charge in [0.1, 0.15) is 0 Å². The van der Waals surface area contributed by atoms with Gasteiger partial charge in [0.25, 0.3) is 5.91 Å². The van der Waals surface area contributed by atoms with Crippen LogP contribution < -0.4 is 10.2 Å². The Morgan fingerprint density at radius 2 is 1.62 bits per heavy atom. The van der Waals surface area contributed by atoms with Crippen LogP contribution in [0.15, 0.2) is 42.5 Å². The molecule has 2 N–H and O–H groups in total. The number of carboxylic acids is 1. The first-order valence-electron chi connectivity index (χ1n) is 8.32. The van der Waals surface area contributed by atoms with Crippen molar-refractivity contribution in [1.29, 1.82) is 0 Å². The van der Waals surface area contributed by atoms with Crippen molar-refractivity contribution < 1.29 is 14.7 Å². The van der Waals surface area contributed by atoms with Crippen molar-refractivity contribution in [3.8, 4) is 0 Å². The van der Waals surface area contributed by atoms with Crippen LogP contribution in [0.25, 0.3) is 0 Å². The fraction of sp³-hybridized carbons (Fsp3) is 0.263. The minimum Gasteiger partial charge on any atom is -0.478 e. The second kappa shape index (κ2) is 7.76. The normalized spacial score (nSPS) is 14.9. The van der Waals surface area contributed by atoms with E-state index in [1.165, 1.54) is 6.07 Å². The van der Waals surface area contributed by atoms with Gasteiger partial charge in [-0.2, -0.15) is 0 Å². The molecule has 0 atom stereocenters. The first kappa shape index (κ1) is 18.2. The molecule has 0 aromatic heterocycles. The summed E-state index contributed by atoms with van der Waals surface area (Å²) in [6.45, 7) is 3.44. The van der Waals surface area contributed by atoms with Gasteiger partial charge in [-0.3, -0.25) is 4.79 Å². The molecule has 2 aromatic rings. The minimum atomic E-state index is -1.03. The lowest BCUT2D eigenvalue weighted by atomic mass is 10.1. The Morgan fingerprint density at radius 1 is 1.00 bits per heavy atom. The Labute approximate surface area is 157 Å². The van der Waals surface area contributed by atoms with Crippen molar-refractivity contribution in [2.75, 3.05) is 43.4 Å². The Morgan fingerprint density at radius 3 is 2.23 bits per heavy atom. The predicted molar refractivity (Wildman–Crippen MR) is 103 cm³/mol. The van der Waals surface area contributed by atoms with E-state index in [0.717, 1.165) is 31.9 Å². The summed E-state index contributed by atoms with van der Waals surface area (Å²) in [7, 11) is 2.06. The molecule has 7 heteroatoms. The summed E-state index contributed by atoms with van der Waals surface area (Å²) < 4.78 is 0. The van der Waals surface area contributed by atoms with Gasteiger partial charge in [0, 0.05) is 36.8 Å². The Balaban J connectivity index is 1.89. The number of piperazine rings is 1. The van der Waals surface area contributed by atoms with Crippen molar-refractivity contribution in [3.05, 3.63) is 58.6 Å². The number of anilines is 2. The lowest BCUT2D eigenvalue weighted by Gasteiger charge is -2.35. The van der Waals surface area contributed by atoms with E-state index in [9.17, 15) is 14.7 Å². The molecule has 3 rings (SSSR count). The summed E-state index contributed by atoms with van der Waals surface area (Å²) in [5.41, 5.74) is 1.91. The lowest BCUT2D eigenvalue weighted by molar-refractivity contribution is 0.0696. The quantitative estimate of drug-likeness (QED) is 0.861. The number of nitrogens with one attached hydrogen (secondary N) is 1. The van der Waals surface area contributed by atoms with E-state index >= 15 is 0 Å². The van der Waals surface area contributed by atoms with Crippen molar-refractivity contribution in [3.63, 3.8) is 0 Å². The Hall–Kier alpha value is -2.57. The van der Waals surface area contributed by atoms with Gasteiger partial charge in [0.15, 0.2) is 0 Å². The zero-order valence-electron chi connectivity index (χ0n) is 14.4. The van der Waals surface area contributed by atoms with Crippen molar-refractivity contribution >= 4 is 34.9 Å². The maximum absolute atomic E-state index is 12.6. The highest BCUT2D eigenvalue weighted by Crippen LogP contribution is 2.29. The molecule has 1 heterocycles. The zero-order chi connectivity index (χ0) is 18.7. The topological polar surface area (TPSA) is 72.9 Å². The number of aromatic carboxylic acids is 1. The SMILES string of the molecule is CN1CCN(c2ccc(C(=O)O)cc2NC(=O)c2ccc(Cl)cc2)CC1. The standard InChI is InChI=1S/C19H20ClN3O3/c1-22-8-10-23(11-9-22)17-7-4-14(19(25)26)12-16(17)21-18(24)13-2-5-15(20)6-3-13/h2-7,12H,8-11H2,1H3,(H,21,24)(H,25,26). The zero-order valence-corrected chi connectivity index (χ0v) is 15.2. The first-order valence-corrected chi connectivity index (χ1v) is 8.69. The molecule has 0 aliphatic carbocycles. The monoisotopic (exact) mass is 373 g/mol. The van der Waals surface area contributed by atoms with E-state index < -0.39 is 5.97 Å². The van der Waals surface area contributed by atoms with Gasteiger partial charge in [0.05, 0.1) is 16.9 Å². The van der Waals surface area contributed by atoms with E-state index in [1.54, 1.807) is 36.4 Å². The summed E-state index contributed by atoms with van der Waals surface area (Å²) >= 11 is 5.86. The summed E-state index contributed by atoms with van der Waals surface area (Å²) in [5.74, 6) is -1.34. The number of hydrogen-bond acceptors (Lipinski definition) is 4. The van der Waals surface area contributed by atoms with E-state index in [2.05, 4.69) is 22.2 Å². The van der Waals surface area contributed by atoms with E-state index in [1.807, 2.05) is 0 Å². The summed E-state index contributed by atoms with van der Waals surface area (Å²) in [4.78, 5) is 28.3. The average molecular weight is 374 g/mol. The molecule has 1 aliphatic heterocycles. The van der Waals surface area contributed by atoms with Crippen LogP contribution in [-0.2, 0) is 0 Å². The maximum atomic E-state index is 12.6. The number of hydrogen-bond donors (Lipinski definition) is 2. The number of nitrogens with zero attached hydrogens (tertiary/aromatic N) is 2. The fourth-order valence-corrected chi connectivity index (χ4v) is 3.01. The Bertz CT molecular complexity index is 815. The third-order valence-corrected chi connectivity index (χ3v) is 4.69. The smallest absolute Gasteiger partial charge is 0.335 e. The number of benzene rings is 2. The van der Waals surface area contributed by atoms with Crippen molar-refractivity contribution in [1.82, 2.24) is 4.90 Å². The first-order chi connectivity index (χ1) is 12.4. The van der Waals surface area contributed by atoms with Crippen molar-refractivity contribution in [2.45, 2.75) is 0 Å². The van der Waals surface area contributed by atoms with E-state index in [0.29, 0.717) is 16.3 Å². The second-order valence-corrected chi connectivity index (χ2v) is 6.72. The maximum Gasteiger partial charge on any atom is 0.335 e. The number of likely N-dealkylation sites (N-methyl/N-ethyl adjacent to an activating group) is 1. The molecule has 2 aromatic carbocycles. The molecule has 0 unspecified atom stereocenters. The summed E-state index contributed by atoms with van der Waals surface area (Å²) in [5, 5.41) is 12.7. The van der Waals surface area contributed by atoms with E-state index in [-0.39, 0.29) is 11.5 Å². The second-order valence-electron chi connectivity index (χ2n) is 6.29. The number of rotatable bonds is 4. The molecule has 1 fully saturated rings. The van der Waals surface area contributed by atoms with E-state index in [4.69, 9.17) is 11.6 Å². The predicted octanol–water partition coefficient (Wildman–Crippen LogP) is 3.04. The molecule has 1 saturated heterocycles. The Kier molecular flexibility index (Phi) is 5.44. The molecule has 6 nitrogen and oxygen atoms in total. The highest BCUT2D eigenvalue weighted by molar-refractivity contribution is 6.30. The molecule has 1 amide bonds. The molecule has 26 heavy (non-hydrogen) atoms. The molecule has 0 saturated carbocycles. The van der Waals surface area contributed by atoms with Gasteiger partial charge >= 0.3 is 5.97 Å². The van der Waals surface area contributed by atoms with Crippen molar-refractivity contribution in [2.24, 2.45) is 0 Å². The van der Waals surface area contributed by atoms with Crippen LogP contribution in [-0.4, -0.2) is 55.1 Å². The minimum absolute atomic E-state index is 0.134. The van der Waals surface area contributed by atoms with Gasteiger partial charge in [-0.05, 0) is 49.5 Å². The highest BCUT2D eigenvalue weighted by Gasteiger charge is 2.20. The lowest BCUT2D eigenvalue weighted by Crippen LogP contribution is -2.44. The molecule has 1 aliphatic rings. The average Bonchev–Trinajstić information content (AvgIpc) is 2.63. The van der Waals surface area contributed by atoms with Crippen LogP contribution in [0, 0.1) is 0 Å². The number of amides is 1. The summed E-state index contributed by atoms with van der Waals surface area (Å²) in [6, 6.07) is 11.4. The van der Waals surface area contributed by atoms with Gasteiger partial charge in [-0.15, -0.1) is 0 Å². The number of carboxylic acid groups (broad SMARTS) is 1. The number of halogens is 1. The summed E-state index contributed by atoms with van der Waals surface area (Å²) in [6.07, 6.45) is 0. The van der Waals surface area contributed by atoms with Gasteiger partial charge < -0.3 is 20.2 Å². The molecule has 0 spiro atoms. The third kappa shape index (κ3) is 4.15. The molecular weight excluding hydrogens is 354 g/mol. The van der Waals surface area contributed by atoms with Crippen LogP contribution in [0.4, 0.5) is 11.4 Å². The number of carbonyl (C=O) groups is 2. The van der Waals surface area contributed by atoms with Crippen LogP contribution >= 0.6 is 11.6 Å². The van der Waals surface area contributed by atoms with Crippen LogP contribution in [0.2, 0.25) is 5.02 Å². The van der Waals surface area contributed by atoms with Crippen LogP contribution in [0.5, 0.6) is 0 Å². The molecule has 0 radical (unpaired) electrons. The van der Waals surface area contributed by atoms with Gasteiger partial charge in [-0.1, -0.05) is 11.6 Å². The highest BCUT2D eigenvalue weighted by atomic mass is 35.5. The molecule has 0 bridgehead atoms. The third-order valence-electron chi connectivity index (χ3n) is 4.44. The molecular formula is C19H20ClN3O3. The fourth-order valence-electron chi connectivity index (χ4n) is 2.89. The van der Waals surface area contributed by atoms with Crippen LogP contribution in [0.3, 0.4) is 0 Å². The largest absolute Gasteiger partial charge is 0.478 e.